The first-order valence-electron chi connectivity index (χ1n) is 10.6. The first-order chi connectivity index (χ1) is 15.4. The minimum Gasteiger partial charge on any atom is -0.511 e. The van der Waals surface area contributed by atoms with Crippen LogP contribution in [0.3, 0.4) is 0 Å². The van der Waals surface area contributed by atoms with Crippen molar-refractivity contribution in [3.8, 4) is 5.75 Å². The first kappa shape index (κ1) is 22.0. The van der Waals surface area contributed by atoms with Gasteiger partial charge in [0.05, 0.1) is 32.0 Å². The molecule has 0 bridgehead atoms. The molecule has 4 rings (SSSR count). The molecule has 3 heterocycles. The van der Waals surface area contributed by atoms with Crippen LogP contribution in [0.2, 0.25) is 0 Å². The highest BCUT2D eigenvalue weighted by Gasteiger charge is 2.40. The van der Waals surface area contributed by atoms with Crippen molar-refractivity contribution >= 4 is 23.4 Å². The topological polar surface area (TPSA) is 132 Å². The van der Waals surface area contributed by atoms with Crippen LogP contribution >= 0.6 is 0 Å². The van der Waals surface area contributed by atoms with Gasteiger partial charge >= 0.3 is 0 Å². The molecule has 170 valence electrons. The highest BCUT2D eigenvalue weighted by atomic mass is 16.5. The summed E-state index contributed by atoms with van der Waals surface area (Å²) in [6, 6.07) is 4.38. The Bertz CT molecular complexity index is 969. The largest absolute Gasteiger partial charge is 0.511 e. The minimum atomic E-state index is -0.696. The first-order valence-corrected chi connectivity index (χ1v) is 10.6. The van der Waals surface area contributed by atoms with E-state index >= 15 is 0 Å². The number of hydrogen-bond donors (Lipinski definition) is 3. The van der Waals surface area contributed by atoms with Crippen molar-refractivity contribution in [3.05, 3.63) is 41.2 Å². The molecule has 10 heteroatoms. The van der Waals surface area contributed by atoms with E-state index in [4.69, 9.17) is 14.9 Å². The maximum Gasteiger partial charge on any atom is 0.255 e. The number of amides is 3. The summed E-state index contributed by atoms with van der Waals surface area (Å²) in [6.45, 7) is 3.19. The summed E-state index contributed by atoms with van der Waals surface area (Å²) in [6.07, 6.45) is 1.86. The molecule has 0 aliphatic carbocycles. The zero-order chi connectivity index (χ0) is 22.7. The lowest BCUT2D eigenvalue weighted by Crippen LogP contribution is -2.52. The fourth-order valence-corrected chi connectivity index (χ4v) is 4.12. The Balaban J connectivity index is 1.38. The maximum atomic E-state index is 12.9. The Morgan fingerprint density at radius 2 is 2.06 bits per heavy atom. The van der Waals surface area contributed by atoms with E-state index in [0.29, 0.717) is 43.1 Å². The summed E-state index contributed by atoms with van der Waals surface area (Å²) < 4.78 is 11.1. The lowest BCUT2D eigenvalue weighted by molar-refractivity contribution is -0.136. The molecule has 0 radical (unpaired) electrons. The quantitative estimate of drug-likeness (QED) is 0.320. The van der Waals surface area contributed by atoms with Crippen LogP contribution in [-0.4, -0.2) is 83.8 Å². The zero-order valence-electron chi connectivity index (χ0n) is 17.6. The van der Waals surface area contributed by atoms with E-state index in [1.807, 2.05) is 4.90 Å². The van der Waals surface area contributed by atoms with Crippen LogP contribution in [0.1, 0.15) is 28.8 Å². The molecule has 3 aliphatic rings. The number of morpholine rings is 1. The molecule has 1 aromatic rings. The van der Waals surface area contributed by atoms with Gasteiger partial charge in [-0.25, -0.2) is 0 Å². The SMILES string of the molecule is N=C(/C=C(\O)CN1CCOCC1)COc1cccc2c1CN(C1CCC(=O)NC1=O)C2=O. The molecule has 2 saturated heterocycles. The van der Waals surface area contributed by atoms with E-state index in [2.05, 4.69) is 5.32 Å². The van der Waals surface area contributed by atoms with Gasteiger partial charge in [0, 0.05) is 36.7 Å². The number of nitrogens with zero attached hydrogens (tertiary/aromatic N) is 2. The van der Waals surface area contributed by atoms with Crippen LogP contribution in [0.5, 0.6) is 5.75 Å². The molecule has 0 saturated carbocycles. The molecule has 0 spiro atoms. The van der Waals surface area contributed by atoms with Gasteiger partial charge < -0.3 is 24.9 Å². The predicted octanol–water partition coefficient (Wildman–Crippen LogP) is 0.620. The average molecular weight is 442 g/mol. The molecular formula is C22H26N4O6. The van der Waals surface area contributed by atoms with Gasteiger partial charge in [0.2, 0.25) is 11.8 Å². The molecule has 2 fully saturated rings. The summed E-state index contributed by atoms with van der Waals surface area (Å²) >= 11 is 0. The van der Waals surface area contributed by atoms with E-state index in [1.165, 1.54) is 11.0 Å². The van der Waals surface area contributed by atoms with Gasteiger partial charge in [0.15, 0.2) is 0 Å². The van der Waals surface area contributed by atoms with Crippen molar-refractivity contribution < 1.29 is 29.0 Å². The second kappa shape index (κ2) is 9.49. The molecular weight excluding hydrogens is 416 g/mol. The summed E-state index contributed by atoms with van der Waals surface area (Å²) in [5, 5.41) is 20.5. The Kier molecular flexibility index (Phi) is 6.52. The fraction of sp³-hybridized carbons (Fsp3) is 0.455. The van der Waals surface area contributed by atoms with Gasteiger partial charge in [-0.05, 0) is 18.6 Å². The van der Waals surface area contributed by atoms with Crippen molar-refractivity contribution in [2.24, 2.45) is 0 Å². The number of carbonyl (C=O) groups is 3. The van der Waals surface area contributed by atoms with Crippen molar-refractivity contribution in [2.45, 2.75) is 25.4 Å². The molecule has 3 amide bonds. The van der Waals surface area contributed by atoms with E-state index in [1.54, 1.807) is 18.2 Å². The summed E-state index contributed by atoms with van der Waals surface area (Å²) in [5.41, 5.74) is 1.20. The number of aliphatic hydroxyl groups is 1. The molecule has 1 atom stereocenters. The van der Waals surface area contributed by atoms with Crippen LogP contribution in [0, 0.1) is 5.41 Å². The third kappa shape index (κ3) is 4.81. The molecule has 10 nitrogen and oxygen atoms in total. The summed E-state index contributed by atoms with van der Waals surface area (Å²) in [7, 11) is 0. The van der Waals surface area contributed by atoms with E-state index in [0.717, 1.165) is 13.1 Å². The number of nitrogens with one attached hydrogen (secondary N) is 2. The van der Waals surface area contributed by atoms with Crippen LogP contribution in [0.25, 0.3) is 0 Å². The summed E-state index contributed by atoms with van der Waals surface area (Å²) in [4.78, 5) is 40.0. The number of hydrogen-bond acceptors (Lipinski definition) is 8. The Morgan fingerprint density at radius 3 is 2.81 bits per heavy atom. The molecule has 1 unspecified atom stereocenters. The molecule has 32 heavy (non-hydrogen) atoms. The Hall–Kier alpha value is -3.24. The lowest BCUT2D eigenvalue weighted by atomic mass is 10.0. The monoisotopic (exact) mass is 442 g/mol. The summed E-state index contributed by atoms with van der Waals surface area (Å²) in [5.74, 6) is -0.539. The van der Waals surface area contributed by atoms with Crippen molar-refractivity contribution in [3.63, 3.8) is 0 Å². The number of benzene rings is 1. The molecule has 3 aliphatic heterocycles. The van der Waals surface area contributed by atoms with E-state index < -0.39 is 11.9 Å². The number of piperidine rings is 1. The zero-order valence-corrected chi connectivity index (χ0v) is 17.6. The fourth-order valence-electron chi connectivity index (χ4n) is 4.12. The van der Waals surface area contributed by atoms with Gasteiger partial charge in [-0.1, -0.05) is 6.07 Å². The highest BCUT2D eigenvalue weighted by Crippen LogP contribution is 2.33. The van der Waals surface area contributed by atoms with Crippen LogP contribution in [-0.2, 0) is 20.9 Å². The molecule has 0 aromatic heterocycles. The number of imide groups is 1. The van der Waals surface area contributed by atoms with Crippen molar-refractivity contribution in [1.82, 2.24) is 15.1 Å². The van der Waals surface area contributed by atoms with Crippen LogP contribution < -0.4 is 10.1 Å². The number of rotatable bonds is 7. The minimum absolute atomic E-state index is 0.0732. The van der Waals surface area contributed by atoms with Crippen LogP contribution in [0.15, 0.2) is 30.0 Å². The van der Waals surface area contributed by atoms with E-state index in [-0.39, 0.29) is 42.9 Å². The maximum absolute atomic E-state index is 12.9. The third-order valence-electron chi connectivity index (χ3n) is 5.75. The van der Waals surface area contributed by atoms with Gasteiger partial charge in [-0.3, -0.25) is 24.6 Å². The van der Waals surface area contributed by atoms with Crippen molar-refractivity contribution in [1.29, 1.82) is 5.41 Å². The van der Waals surface area contributed by atoms with Crippen molar-refractivity contribution in [2.75, 3.05) is 39.5 Å². The second-order valence-electron chi connectivity index (χ2n) is 8.02. The normalized spacial score (nSPS) is 22.0. The third-order valence-corrected chi connectivity index (χ3v) is 5.75. The second-order valence-corrected chi connectivity index (χ2v) is 8.02. The average Bonchev–Trinajstić information content (AvgIpc) is 3.10. The molecule has 1 aromatic carbocycles. The Labute approximate surface area is 185 Å². The smallest absolute Gasteiger partial charge is 0.255 e. The molecule has 3 N–H and O–H groups in total. The lowest BCUT2D eigenvalue weighted by Gasteiger charge is -2.29. The van der Waals surface area contributed by atoms with Gasteiger partial charge in [0.1, 0.15) is 24.2 Å². The van der Waals surface area contributed by atoms with Crippen LogP contribution in [0.4, 0.5) is 0 Å². The van der Waals surface area contributed by atoms with Gasteiger partial charge in [0.25, 0.3) is 5.91 Å². The number of carbonyl (C=O) groups excluding carboxylic acids is 3. The standard InChI is InChI=1S/C22H26N4O6/c23-14(10-15(27)11-25-6-8-31-9-7-25)13-32-19-3-1-2-16-17(19)12-26(22(16)30)18-4-5-20(28)24-21(18)29/h1-3,10,18,23,27H,4-9,11-13H2,(H,24,28,29)/b15-10-,23-14?. The number of aliphatic hydroxyl groups excluding tert-OH is 1. The Morgan fingerprint density at radius 1 is 1.28 bits per heavy atom. The number of fused-ring (bicyclic) bond motifs is 1. The van der Waals surface area contributed by atoms with Gasteiger partial charge in [-0.2, -0.15) is 0 Å². The van der Waals surface area contributed by atoms with Gasteiger partial charge in [-0.15, -0.1) is 0 Å². The number of ether oxygens (including phenoxy) is 2. The predicted molar refractivity (Wildman–Crippen MR) is 114 cm³/mol. The highest BCUT2D eigenvalue weighted by molar-refractivity contribution is 6.05. The van der Waals surface area contributed by atoms with E-state index in [9.17, 15) is 19.5 Å².